The topological polar surface area (TPSA) is 49.3 Å². The first-order valence-corrected chi connectivity index (χ1v) is 8.74. The van der Waals surface area contributed by atoms with Crippen molar-refractivity contribution >= 4 is 17.5 Å². The van der Waals surface area contributed by atoms with Crippen molar-refractivity contribution in [1.82, 2.24) is 5.32 Å². The van der Waals surface area contributed by atoms with Crippen LogP contribution in [0.2, 0.25) is 5.02 Å². The fourth-order valence-electron chi connectivity index (χ4n) is 3.25. The number of carbonyl (C=O) groups excluding carboxylic acids is 1. The molecule has 0 bridgehead atoms. The second kappa shape index (κ2) is 7.82. The molecule has 4 heteroatoms. The minimum Gasteiger partial charge on any atom is -0.393 e. The highest BCUT2D eigenvalue weighted by Crippen LogP contribution is 2.31. The Morgan fingerprint density at radius 1 is 1.12 bits per heavy atom. The van der Waals surface area contributed by atoms with Crippen LogP contribution in [-0.4, -0.2) is 23.2 Å². The molecule has 3 nitrogen and oxygen atoms in total. The van der Waals surface area contributed by atoms with Gasteiger partial charge in [0.1, 0.15) is 0 Å². The lowest BCUT2D eigenvalue weighted by atomic mass is 9.75. The summed E-state index contributed by atoms with van der Waals surface area (Å²) in [5.74, 6) is 0.336. The van der Waals surface area contributed by atoms with Gasteiger partial charge < -0.3 is 10.4 Å². The molecule has 2 aromatic rings. The van der Waals surface area contributed by atoms with E-state index in [9.17, 15) is 9.90 Å². The predicted octanol–water partition coefficient (Wildman–Crippen LogP) is 3.38. The Labute approximate surface area is 147 Å². The van der Waals surface area contributed by atoms with Crippen molar-refractivity contribution < 1.29 is 9.90 Å². The Morgan fingerprint density at radius 3 is 2.50 bits per heavy atom. The summed E-state index contributed by atoms with van der Waals surface area (Å²) in [6, 6.07) is 17.6. The smallest absolute Gasteiger partial charge is 0.224 e. The number of hydrogen-bond acceptors (Lipinski definition) is 2. The maximum atomic E-state index is 12.4. The van der Waals surface area contributed by atoms with Gasteiger partial charge in [0.15, 0.2) is 0 Å². The second-order valence-electron chi connectivity index (χ2n) is 6.56. The number of amides is 1. The van der Waals surface area contributed by atoms with Gasteiger partial charge in [-0.15, -0.1) is 0 Å². The zero-order chi connectivity index (χ0) is 16.9. The molecule has 1 aliphatic rings. The first-order chi connectivity index (χ1) is 11.6. The molecule has 0 aromatic heterocycles. The molecule has 126 valence electrons. The van der Waals surface area contributed by atoms with Crippen LogP contribution in [0.5, 0.6) is 0 Å². The van der Waals surface area contributed by atoms with Crippen LogP contribution < -0.4 is 5.32 Å². The number of rotatable bonds is 6. The third-order valence-electron chi connectivity index (χ3n) is 4.62. The maximum absolute atomic E-state index is 12.4. The van der Waals surface area contributed by atoms with Crippen LogP contribution in [0.4, 0.5) is 0 Å². The van der Waals surface area contributed by atoms with Crippen LogP contribution >= 0.6 is 11.6 Å². The second-order valence-corrected chi connectivity index (χ2v) is 6.99. The number of halogens is 1. The summed E-state index contributed by atoms with van der Waals surface area (Å²) in [4.78, 5) is 12.4. The van der Waals surface area contributed by atoms with Crippen LogP contribution in [0.1, 0.15) is 24.0 Å². The van der Waals surface area contributed by atoms with E-state index < -0.39 is 0 Å². The monoisotopic (exact) mass is 343 g/mol. The standard InChI is InChI=1S/C20H22ClNO2/c21-17-8-4-7-15(9-17)11-20(24)22-19(16-12-18(23)13-16)10-14-5-2-1-3-6-14/h1-9,16,18-19,23H,10-13H2,(H,22,24)/t16?,18?,19-/m0/s1. The summed E-state index contributed by atoms with van der Waals surface area (Å²) in [6.45, 7) is 0. The van der Waals surface area contributed by atoms with E-state index in [-0.39, 0.29) is 18.1 Å². The Bertz CT molecular complexity index is 683. The summed E-state index contributed by atoms with van der Waals surface area (Å²) in [5, 5.41) is 13.4. The fraction of sp³-hybridized carbons (Fsp3) is 0.350. The molecule has 0 heterocycles. The maximum Gasteiger partial charge on any atom is 0.224 e. The van der Waals surface area contributed by atoms with E-state index >= 15 is 0 Å². The molecule has 2 aromatic carbocycles. The Balaban J connectivity index is 1.63. The van der Waals surface area contributed by atoms with Gasteiger partial charge in [0.05, 0.1) is 12.5 Å². The van der Waals surface area contributed by atoms with Crippen LogP contribution in [0.3, 0.4) is 0 Å². The molecule has 3 rings (SSSR count). The average molecular weight is 344 g/mol. The van der Waals surface area contributed by atoms with Gasteiger partial charge in [-0.05, 0) is 48.4 Å². The van der Waals surface area contributed by atoms with Crippen molar-refractivity contribution in [1.29, 1.82) is 0 Å². The highest BCUT2D eigenvalue weighted by atomic mass is 35.5. The summed E-state index contributed by atoms with van der Waals surface area (Å²) < 4.78 is 0. The average Bonchev–Trinajstić information content (AvgIpc) is 2.52. The number of aliphatic hydroxyl groups is 1. The van der Waals surface area contributed by atoms with Gasteiger partial charge in [-0.25, -0.2) is 0 Å². The first-order valence-electron chi connectivity index (χ1n) is 8.36. The molecular weight excluding hydrogens is 322 g/mol. The summed E-state index contributed by atoms with van der Waals surface area (Å²) >= 11 is 5.98. The molecule has 0 saturated heterocycles. The number of benzene rings is 2. The van der Waals surface area contributed by atoms with Gasteiger partial charge in [-0.1, -0.05) is 54.1 Å². The third-order valence-corrected chi connectivity index (χ3v) is 4.85. The van der Waals surface area contributed by atoms with Gasteiger partial charge in [0.2, 0.25) is 5.91 Å². The van der Waals surface area contributed by atoms with Crippen LogP contribution in [0.15, 0.2) is 54.6 Å². The number of aliphatic hydroxyl groups excluding tert-OH is 1. The molecule has 1 aliphatic carbocycles. The zero-order valence-electron chi connectivity index (χ0n) is 13.5. The van der Waals surface area contributed by atoms with Gasteiger partial charge in [0, 0.05) is 11.1 Å². The van der Waals surface area contributed by atoms with E-state index in [1.165, 1.54) is 5.56 Å². The highest BCUT2D eigenvalue weighted by Gasteiger charge is 2.34. The summed E-state index contributed by atoms with van der Waals surface area (Å²) in [7, 11) is 0. The zero-order valence-corrected chi connectivity index (χ0v) is 14.2. The molecule has 1 amide bonds. The lowest BCUT2D eigenvalue weighted by Gasteiger charge is -2.38. The lowest BCUT2D eigenvalue weighted by Crippen LogP contribution is -2.48. The van der Waals surface area contributed by atoms with E-state index in [0.717, 1.165) is 24.8 Å². The van der Waals surface area contributed by atoms with Crippen LogP contribution in [-0.2, 0) is 17.6 Å². The van der Waals surface area contributed by atoms with Crippen LogP contribution in [0, 0.1) is 5.92 Å². The molecule has 0 radical (unpaired) electrons. The van der Waals surface area contributed by atoms with Gasteiger partial charge in [-0.2, -0.15) is 0 Å². The molecule has 1 fully saturated rings. The van der Waals surface area contributed by atoms with Gasteiger partial charge in [0.25, 0.3) is 0 Å². The summed E-state index contributed by atoms with van der Waals surface area (Å²) in [5.41, 5.74) is 2.11. The highest BCUT2D eigenvalue weighted by molar-refractivity contribution is 6.30. The van der Waals surface area contributed by atoms with Crippen molar-refractivity contribution in [2.24, 2.45) is 5.92 Å². The molecule has 24 heavy (non-hydrogen) atoms. The SMILES string of the molecule is O=C(Cc1cccc(Cl)c1)N[C@@H](Cc1ccccc1)C1CC(O)C1. The molecule has 2 N–H and O–H groups in total. The quantitative estimate of drug-likeness (QED) is 0.844. The van der Waals surface area contributed by atoms with Gasteiger partial charge in [-0.3, -0.25) is 4.79 Å². The van der Waals surface area contributed by atoms with E-state index in [0.29, 0.717) is 17.4 Å². The third kappa shape index (κ3) is 4.59. The Kier molecular flexibility index (Phi) is 5.54. The number of nitrogens with one attached hydrogen (secondary N) is 1. The van der Waals surface area contributed by atoms with E-state index in [2.05, 4.69) is 17.4 Å². The Morgan fingerprint density at radius 2 is 1.83 bits per heavy atom. The molecule has 1 saturated carbocycles. The fourth-order valence-corrected chi connectivity index (χ4v) is 3.47. The first kappa shape index (κ1) is 17.0. The molecular formula is C20H22ClNO2. The lowest BCUT2D eigenvalue weighted by molar-refractivity contribution is -0.122. The van der Waals surface area contributed by atoms with Crippen molar-refractivity contribution in [2.45, 2.75) is 37.8 Å². The van der Waals surface area contributed by atoms with Crippen molar-refractivity contribution in [2.75, 3.05) is 0 Å². The van der Waals surface area contributed by atoms with Crippen molar-refractivity contribution in [3.8, 4) is 0 Å². The minimum atomic E-state index is -0.224. The van der Waals surface area contributed by atoms with Crippen LogP contribution in [0.25, 0.3) is 0 Å². The molecule has 1 atom stereocenters. The molecule has 0 aliphatic heterocycles. The number of carbonyl (C=O) groups is 1. The summed E-state index contributed by atoms with van der Waals surface area (Å²) in [6.07, 6.45) is 2.41. The van der Waals surface area contributed by atoms with E-state index in [1.807, 2.05) is 36.4 Å². The predicted molar refractivity (Wildman–Crippen MR) is 96.0 cm³/mol. The van der Waals surface area contributed by atoms with E-state index in [1.54, 1.807) is 6.07 Å². The van der Waals surface area contributed by atoms with Crippen molar-refractivity contribution in [3.63, 3.8) is 0 Å². The Hall–Kier alpha value is -1.84. The molecule has 0 unspecified atom stereocenters. The minimum absolute atomic E-state index is 0.000382. The van der Waals surface area contributed by atoms with Gasteiger partial charge >= 0.3 is 0 Å². The van der Waals surface area contributed by atoms with Crippen molar-refractivity contribution in [3.05, 3.63) is 70.7 Å². The molecule has 0 spiro atoms. The number of hydrogen-bond donors (Lipinski definition) is 2. The normalized spacial score (nSPS) is 20.9. The largest absolute Gasteiger partial charge is 0.393 e. The van der Waals surface area contributed by atoms with E-state index in [4.69, 9.17) is 11.6 Å².